The van der Waals surface area contributed by atoms with Crippen molar-refractivity contribution in [2.45, 2.75) is 111 Å². The molecule has 0 aliphatic carbocycles. The molecule has 1 unspecified atom stereocenters. The number of quaternary nitrogens is 2. The van der Waals surface area contributed by atoms with Crippen molar-refractivity contribution in [2.24, 2.45) is 0 Å². The van der Waals surface area contributed by atoms with Gasteiger partial charge in [-0.25, -0.2) is 4.98 Å². The first-order valence-electron chi connectivity index (χ1n) is 25.4. The highest BCUT2D eigenvalue weighted by molar-refractivity contribution is 6.09. The Morgan fingerprint density at radius 3 is 1.94 bits per heavy atom. The molecule has 2 aromatic heterocycles. The molecule has 0 radical (unpaired) electrons. The minimum absolute atomic E-state index is 0.0245. The molecule has 7 aromatic carbocycles. The third-order valence-electron chi connectivity index (χ3n) is 15.9. The molecule has 5 nitrogen and oxygen atoms in total. The van der Waals surface area contributed by atoms with Crippen molar-refractivity contribution in [3.8, 4) is 39.6 Å². The van der Waals surface area contributed by atoms with Crippen LogP contribution in [0.1, 0.15) is 117 Å². The van der Waals surface area contributed by atoms with Gasteiger partial charge in [0.25, 0.3) is 0 Å². The van der Waals surface area contributed by atoms with Crippen molar-refractivity contribution in [2.75, 3.05) is 0 Å². The fraction of sp³-hybridized carbons (Fsp3) is 0.262. The Morgan fingerprint density at radius 2 is 1.20 bits per heavy atom. The van der Waals surface area contributed by atoms with Crippen molar-refractivity contribution in [3.05, 3.63) is 199 Å². The summed E-state index contributed by atoms with van der Waals surface area (Å²) in [7, 11) is 0. The molecule has 2 aliphatic heterocycles. The Kier molecular flexibility index (Phi) is 10.7. The van der Waals surface area contributed by atoms with Gasteiger partial charge in [0.1, 0.15) is 17.3 Å². The highest BCUT2D eigenvalue weighted by Gasteiger charge is 2.78. The van der Waals surface area contributed by atoms with Crippen molar-refractivity contribution in [1.82, 2.24) is 18.7 Å². The molecule has 0 N–H and O–H groups in total. The first-order chi connectivity index (χ1) is 33.5. The average Bonchev–Trinajstić information content (AvgIpc) is 3.86. The molecule has 2 atom stereocenters. The highest BCUT2D eigenvalue weighted by Crippen LogP contribution is 2.76. The lowest BCUT2D eigenvalue weighted by atomic mass is 9.77. The summed E-state index contributed by atoms with van der Waals surface area (Å²) in [5.41, 5.74) is 17.3. The molecule has 70 heavy (non-hydrogen) atoms. The fourth-order valence-corrected chi connectivity index (χ4v) is 11.2. The Morgan fingerprint density at radius 1 is 0.529 bits per heavy atom. The van der Waals surface area contributed by atoms with E-state index in [1.807, 2.05) is 6.20 Å². The highest BCUT2D eigenvalue weighted by atomic mass is 16.5. The predicted octanol–water partition coefficient (Wildman–Crippen LogP) is 18.4. The van der Waals surface area contributed by atoms with Gasteiger partial charge in [-0.1, -0.05) is 161 Å². The second kappa shape index (κ2) is 16.4. The summed E-state index contributed by atoms with van der Waals surface area (Å²) in [4.78, 5) is 4.97. The van der Waals surface area contributed by atoms with Crippen LogP contribution in [-0.4, -0.2) is 9.55 Å². The predicted molar refractivity (Wildman–Crippen MR) is 295 cm³/mol. The van der Waals surface area contributed by atoms with E-state index in [-0.39, 0.29) is 16.2 Å². The van der Waals surface area contributed by atoms with Crippen molar-refractivity contribution in [1.29, 1.82) is 0 Å². The van der Waals surface area contributed by atoms with Gasteiger partial charge in [-0.2, -0.15) is 9.18 Å². The molecule has 0 amide bonds. The van der Waals surface area contributed by atoms with Crippen LogP contribution >= 0.6 is 0 Å². The second-order valence-electron chi connectivity index (χ2n) is 22.6. The van der Waals surface area contributed by atoms with Gasteiger partial charge in [-0.3, -0.25) is 4.57 Å². The SMILES string of the molecule is CCC(C)(CC)c1ccc2c(c1)[N@@+]1(c3cc(-c4ccccc4)cc(C(C)(C)C)c3)[CH-][N+]21c1cc(Oc2ccc3c4ccccc4n(-c4cc(C(C)(C)C)ccn4)c3c2)cc(-c2ccccc2C(C)C)c1. The van der Waals surface area contributed by atoms with Gasteiger partial charge in [-0.05, 0) is 116 Å². The Labute approximate surface area is 415 Å². The fourth-order valence-electron chi connectivity index (χ4n) is 11.2. The van der Waals surface area contributed by atoms with Crippen LogP contribution in [0.3, 0.4) is 0 Å². The molecule has 0 saturated carbocycles. The summed E-state index contributed by atoms with van der Waals surface area (Å²) in [6.07, 6.45) is 4.10. The van der Waals surface area contributed by atoms with Crippen molar-refractivity contribution >= 4 is 44.6 Å². The van der Waals surface area contributed by atoms with E-state index >= 15 is 0 Å². The van der Waals surface area contributed by atoms with E-state index in [1.54, 1.807) is 0 Å². The Bertz CT molecular complexity index is 3490. The molecule has 4 heterocycles. The summed E-state index contributed by atoms with van der Waals surface area (Å²) < 4.78 is 10.7. The third kappa shape index (κ3) is 7.15. The number of nitrogens with zero attached hydrogens (tertiary/aromatic N) is 4. The standard InChI is InChI=1S/C65H67N4O/c1-12-65(11,13-2)48-27-30-60-61(38-48)69(50-34-45(44-21-15-14-16-22-44)33-49(37-50)64(8,9)10)42-68(60,69)51-35-46(55-24-18-17-23-54(55)43(3)4)36-53(40-51)70-52-28-29-57-56-25-19-20-26-58(56)67(59(57)41-52)62-39-47(31-32-66-62)63(5,6)7/h14-43H,12-13H2,1-11H3/q+1/t68?,69-/m0/s1. The van der Waals surface area contributed by atoms with E-state index in [0.717, 1.165) is 52.1 Å². The van der Waals surface area contributed by atoms with E-state index in [9.17, 15) is 0 Å². The van der Waals surface area contributed by atoms with Gasteiger partial charge >= 0.3 is 0 Å². The first kappa shape index (κ1) is 45.6. The smallest absolute Gasteiger partial charge is 0.225 e. The van der Waals surface area contributed by atoms with E-state index < -0.39 is 0 Å². The number of ether oxygens (including phenoxy) is 1. The van der Waals surface area contributed by atoms with Gasteiger partial charge in [0.05, 0.1) is 11.0 Å². The number of hydrogen-bond acceptors (Lipinski definition) is 2. The van der Waals surface area contributed by atoms with Crippen LogP contribution in [0.2, 0.25) is 0 Å². The van der Waals surface area contributed by atoms with Crippen molar-refractivity contribution < 1.29 is 4.74 Å². The summed E-state index contributed by atoms with van der Waals surface area (Å²) in [6.45, 7) is 28.0. The molecule has 2 aliphatic rings. The molecule has 0 spiro atoms. The topological polar surface area (TPSA) is 27.1 Å². The molecular formula is C65H67N4O+. The molecule has 1 saturated heterocycles. The van der Waals surface area contributed by atoms with Crippen LogP contribution in [0.15, 0.2) is 170 Å². The number of pyridine rings is 1. The zero-order chi connectivity index (χ0) is 49.0. The van der Waals surface area contributed by atoms with Crippen LogP contribution in [0.4, 0.5) is 22.7 Å². The number of rotatable bonds is 11. The van der Waals surface area contributed by atoms with Gasteiger partial charge in [0, 0.05) is 59.4 Å². The van der Waals surface area contributed by atoms with Gasteiger partial charge in [0.15, 0.2) is 18.0 Å². The summed E-state index contributed by atoms with van der Waals surface area (Å²) in [5.74, 6) is 2.81. The number of para-hydroxylation sites is 1. The first-order valence-corrected chi connectivity index (χ1v) is 25.4. The monoisotopic (exact) mass is 920 g/mol. The number of aromatic nitrogens is 2. The van der Waals surface area contributed by atoms with Crippen molar-refractivity contribution in [3.63, 3.8) is 0 Å². The van der Waals surface area contributed by atoms with E-state index in [1.165, 1.54) is 67.1 Å². The maximum absolute atomic E-state index is 7.23. The van der Waals surface area contributed by atoms with E-state index in [0.29, 0.717) is 15.1 Å². The lowest BCUT2D eigenvalue weighted by Crippen LogP contribution is -2.47. The molecular weight excluding hydrogens is 853 g/mol. The van der Waals surface area contributed by atoms with Gasteiger partial charge in [-0.15, -0.1) is 0 Å². The maximum Gasteiger partial charge on any atom is 0.225 e. The molecule has 11 rings (SSSR count). The molecule has 9 aromatic rings. The normalized spacial score (nSPS) is 17.7. The lowest BCUT2D eigenvalue weighted by Gasteiger charge is -2.41. The van der Waals surface area contributed by atoms with Crippen LogP contribution in [0, 0.1) is 6.67 Å². The average molecular weight is 920 g/mol. The summed E-state index contributed by atoms with van der Waals surface area (Å²) in [6, 6.07) is 61.0. The number of hydrogen-bond donors (Lipinski definition) is 0. The quantitative estimate of drug-likeness (QED) is 0.0734. The van der Waals surface area contributed by atoms with E-state index in [2.05, 4.69) is 251 Å². The second-order valence-corrected chi connectivity index (χ2v) is 22.6. The Balaban J connectivity index is 1.12. The van der Waals surface area contributed by atoms with E-state index in [4.69, 9.17) is 9.72 Å². The number of fused-ring (bicyclic) bond motifs is 7. The molecule has 1 fully saturated rings. The minimum Gasteiger partial charge on any atom is -0.457 e. The third-order valence-corrected chi connectivity index (χ3v) is 15.9. The zero-order valence-electron chi connectivity index (χ0n) is 42.9. The van der Waals surface area contributed by atoms with Crippen LogP contribution in [0.5, 0.6) is 11.5 Å². The minimum atomic E-state index is -0.0676. The number of benzene rings is 7. The summed E-state index contributed by atoms with van der Waals surface area (Å²) in [5, 5.41) is 2.35. The largest absolute Gasteiger partial charge is 0.457 e. The van der Waals surface area contributed by atoms with Gasteiger partial charge < -0.3 is 4.74 Å². The Hall–Kier alpha value is -6.79. The molecule has 352 valence electrons. The van der Waals surface area contributed by atoms with Crippen LogP contribution in [-0.2, 0) is 16.2 Å². The van der Waals surface area contributed by atoms with Crippen LogP contribution < -0.4 is 13.9 Å². The molecule has 5 heteroatoms. The van der Waals surface area contributed by atoms with Gasteiger partial charge in [0.2, 0.25) is 11.4 Å². The maximum atomic E-state index is 7.23. The molecule has 0 bridgehead atoms. The lowest BCUT2D eigenvalue weighted by molar-refractivity contribution is 0.412. The zero-order valence-corrected chi connectivity index (χ0v) is 42.9. The van der Waals surface area contributed by atoms with Crippen LogP contribution in [0.25, 0.3) is 49.9 Å². The summed E-state index contributed by atoms with van der Waals surface area (Å²) >= 11 is 0.